The van der Waals surface area contributed by atoms with E-state index in [2.05, 4.69) is 9.88 Å². The van der Waals surface area contributed by atoms with E-state index in [4.69, 9.17) is 27.5 Å². The molecule has 0 spiro atoms. The highest BCUT2D eigenvalue weighted by Gasteiger charge is 2.26. The zero-order chi connectivity index (χ0) is 28.7. The van der Waals surface area contributed by atoms with E-state index >= 15 is 0 Å². The van der Waals surface area contributed by atoms with Crippen LogP contribution in [0, 0.1) is 5.41 Å². The van der Waals surface area contributed by atoms with Crippen LogP contribution in [0.25, 0.3) is 6.08 Å². The SMILES string of the molecule is Cl.Cl.N=C(N)c1cccc(/C=C/CN(c2ccc(OC3CCN(c4ccncc4)CC3)c(Cl)c2)S(=O)(=O)CC(=O)O)c1. The van der Waals surface area contributed by atoms with Gasteiger partial charge in [-0.15, -0.1) is 24.8 Å². The number of hydrogen-bond donors (Lipinski definition) is 3. The van der Waals surface area contributed by atoms with E-state index < -0.39 is 21.7 Å². The van der Waals surface area contributed by atoms with Crippen molar-refractivity contribution in [3.05, 3.63) is 89.2 Å². The summed E-state index contributed by atoms with van der Waals surface area (Å²) >= 11 is 6.52. The fourth-order valence-electron chi connectivity index (χ4n) is 4.41. The molecular weight excluding hydrogens is 625 g/mol. The van der Waals surface area contributed by atoms with Crippen molar-refractivity contribution in [3.63, 3.8) is 0 Å². The van der Waals surface area contributed by atoms with Gasteiger partial charge >= 0.3 is 5.97 Å². The number of carbonyl (C=O) groups is 1. The van der Waals surface area contributed by atoms with Crippen LogP contribution in [0.4, 0.5) is 11.4 Å². The quantitative estimate of drug-likeness (QED) is 0.196. The van der Waals surface area contributed by atoms with Crippen molar-refractivity contribution >= 4 is 75.7 Å². The molecule has 1 aromatic heterocycles. The summed E-state index contributed by atoms with van der Waals surface area (Å²) in [6, 6.07) is 15.5. The molecule has 4 N–H and O–H groups in total. The van der Waals surface area contributed by atoms with E-state index in [1.54, 1.807) is 60.9 Å². The van der Waals surface area contributed by atoms with Crippen molar-refractivity contribution in [3.8, 4) is 5.75 Å². The van der Waals surface area contributed by atoms with Crippen LogP contribution >= 0.6 is 36.4 Å². The highest BCUT2D eigenvalue weighted by molar-refractivity contribution is 7.93. The van der Waals surface area contributed by atoms with E-state index in [1.807, 2.05) is 12.1 Å². The second-order valence-electron chi connectivity index (χ2n) is 9.25. The summed E-state index contributed by atoms with van der Waals surface area (Å²) in [5.74, 6) is -2.20. The molecule has 1 aliphatic heterocycles. The summed E-state index contributed by atoms with van der Waals surface area (Å²) in [6.07, 6.45) is 8.31. The van der Waals surface area contributed by atoms with Crippen LogP contribution in [0.15, 0.2) is 73.1 Å². The van der Waals surface area contributed by atoms with Crippen LogP contribution in [-0.2, 0) is 14.8 Å². The lowest BCUT2D eigenvalue weighted by molar-refractivity contribution is -0.134. The third-order valence-electron chi connectivity index (χ3n) is 6.39. The fraction of sp³-hybridized carbons (Fsp3) is 0.250. The minimum Gasteiger partial charge on any atom is -0.489 e. The van der Waals surface area contributed by atoms with Gasteiger partial charge in [-0.3, -0.25) is 19.5 Å². The lowest BCUT2D eigenvalue weighted by Gasteiger charge is -2.33. The van der Waals surface area contributed by atoms with E-state index in [0.717, 1.165) is 35.9 Å². The number of aliphatic carboxylic acids is 1. The average molecular weight is 657 g/mol. The number of nitrogen functional groups attached to an aromatic ring is 1. The van der Waals surface area contributed by atoms with Crippen LogP contribution in [0.3, 0.4) is 0 Å². The number of ether oxygens (including phenoxy) is 1. The topological polar surface area (TPSA) is 150 Å². The zero-order valence-corrected chi connectivity index (χ0v) is 25.6. The molecule has 0 unspecified atom stereocenters. The first-order valence-electron chi connectivity index (χ1n) is 12.6. The largest absolute Gasteiger partial charge is 0.489 e. The summed E-state index contributed by atoms with van der Waals surface area (Å²) in [5, 5.41) is 17.0. The molecule has 3 aromatic rings. The Labute approximate surface area is 262 Å². The van der Waals surface area contributed by atoms with Crippen molar-refractivity contribution < 1.29 is 23.1 Å². The Morgan fingerprint density at radius 1 is 1.14 bits per heavy atom. The number of carboxylic acids is 1. The Morgan fingerprint density at radius 3 is 2.45 bits per heavy atom. The molecule has 42 heavy (non-hydrogen) atoms. The molecular formula is C28H32Cl3N5O5S. The molecule has 2 aromatic carbocycles. The Morgan fingerprint density at radius 2 is 1.83 bits per heavy atom. The molecule has 0 saturated carbocycles. The molecule has 10 nitrogen and oxygen atoms in total. The van der Waals surface area contributed by atoms with Crippen molar-refractivity contribution in [2.45, 2.75) is 18.9 Å². The molecule has 0 atom stereocenters. The Balaban J connectivity index is 0.00000308. The molecule has 1 fully saturated rings. The van der Waals surface area contributed by atoms with Gasteiger partial charge in [0, 0.05) is 49.6 Å². The number of sulfonamides is 1. The average Bonchev–Trinajstić information content (AvgIpc) is 2.92. The van der Waals surface area contributed by atoms with Gasteiger partial charge in [-0.05, 0) is 42.0 Å². The van der Waals surface area contributed by atoms with E-state index in [-0.39, 0.29) is 54.0 Å². The number of anilines is 2. The molecule has 4 rings (SSSR count). The number of nitrogens with zero attached hydrogens (tertiary/aromatic N) is 3. The molecule has 1 saturated heterocycles. The van der Waals surface area contributed by atoms with E-state index in [1.165, 1.54) is 6.07 Å². The Hall–Kier alpha value is -3.51. The van der Waals surface area contributed by atoms with Gasteiger partial charge in [0.25, 0.3) is 0 Å². The smallest absolute Gasteiger partial charge is 0.320 e. The minimum atomic E-state index is -4.22. The van der Waals surface area contributed by atoms with Gasteiger partial charge in [0.2, 0.25) is 10.0 Å². The summed E-state index contributed by atoms with van der Waals surface area (Å²) in [7, 11) is -4.22. The number of benzene rings is 2. The third kappa shape index (κ3) is 9.25. The second kappa shape index (κ2) is 15.6. The number of amidine groups is 1. The Kier molecular flexibility index (Phi) is 12.9. The van der Waals surface area contributed by atoms with Crippen molar-refractivity contribution in [2.24, 2.45) is 5.73 Å². The normalized spacial score (nSPS) is 13.6. The van der Waals surface area contributed by atoms with Crippen LogP contribution in [0.2, 0.25) is 5.02 Å². The first kappa shape index (κ1) is 34.7. The lowest BCUT2D eigenvalue weighted by Crippen LogP contribution is -2.38. The predicted molar refractivity (Wildman–Crippen MR) is 171 cm³/mol. The standard InChI is InChI=1S/C28H30ClN5O5S.2ClH/c29-25-18-23(6-7-26(25)39-24-10-15-33(16-11-24)22-8-12-32-13-9-22)34(40(37,38)19-27(35)36)14-2-4-20-3-1-5-21(17-20)28(30)31;;/h1-9,12-13,17-18,24H,10-11,14-16,19H2,(H3,30,31)(H,35,36);2*1H/b4-2+;;. The molecule has 0 bridgehead atoms. The molecule has 1 aliphatic rings. The third-order valence-corrected chi connectivity index (χ3v) is 8.33. The predicted octanol–water partition coefficient (Wildman–Crippen LogP) is 4.84. The summed E-state index contributed by atoms with van der Waals surface area (Å²) in [4.78, 5) is 17.6. The summed E-state index contributed by atoms with van der Waals surface area (Å²) in [5.41, 5.74) is 8.11. The van der Waals surface area contributed by atoms with Gasteiger partial charge in [-0.25, -0.2) is 8.42 Å². The van der Waals surface area contributed by atoms with Crippen LogP contribution in [-0.4, -0.2) is 61.8 Å². The molecule has 226 valence electrons. The molecule has 0 aliphatic carbocycles. The number of hydrogen-bond acceptors (Lipinski definition) is 7. The van der Waals surface area contributed by atoms with Gasteiger partial charge in [0.15, 0.2) is 5.75 Å². The number of pyridine rings is 1. The number of nitrogens with two attached hydrogens (primary N) is 1. The number of carboxylic acid groups (broad SMARTS) is 1. The number of piperidine rings is 1. The van der Waals surface area contributed by atoms with E-state index in [9.17, 15) is 18.3 Å². The van der Waals surface area contributed by atoms with Gasteiger partial charge in [0.05, 0.1) is 17.3 Å². The van der Waals surface area contributed by atoms with Crippen molar-refractivity contribution in [2.75, 3.05) is 34.6 Å². The molecule has 14 heteroatoms. The number of rotatable bonds is 11. The summed E-state index contributed by atoms with van der Waals surface area (Å²) < 4.78 is 33.1. The van der Waals surface area contributed by atoms with Crippen molar-refractivity contribution in [1.82, 2.24) is 4.98 Å². The monoisotopic (exact) mass is 655 g/mol. The number of halogens is 3. The van der Waals surface area contributed by atoms with Crippen LogP contribution < -0.4 is 19.7 Å². The van der Waals surface area contributed by atoms with Gasteiger partial charge in [-0.1, -0.05) is 42.0 Å². The number of aromatic nitrogens is 1. The first-order valence-corrected chi connectivity index (χ1v) is 14.6. The highest BCUT2D eigenvalue weighted by Crippen LogP contribution is 2.33. The number of nitrogens with one attached hydrogen (secondary N) is 1. The van der Waals surface area contributed by atoms with Gasteiger partial charge in [0.1, 0.15) is 17.7 Å². The van der Waals surface area contributed by atoms with E-state index in [0.29, 0.717) is 16.9 Å². The maximum absolute atomic E-state index is 13.0. The fourth-order valence-corrected chi connectivity index (χ4v) is 5.85. The first-order chi connectivity index (χ1) is 19.1. The molecule has 2 heterocycles. The minimum absolute atomic E-state index is 0. The van der Waals surface area contributed by atoms with Crippen LogP contribution in [0.1, 0.15) is 24.0 Å². The maximum atomic E-state index is 13.0. The second-order valence-corrected chi connectivity index (χ2v) is 11.5. The Bertz CT molecular complexity index is 1500. The van der Waals surface area contributed by atoms with Crippen LogP contribution in [0.5, 0.6) is 5.75 Å². The summed E-state index contributed by atoms with van der Waals surface area (Å²) in [6.45, 7) is 1.49. The van der Waals surface area contributed by atoms with Gasteiger partial charge < -0.3 is 20.5 Å². The van der Waals surface area contributed by atoms with Gasteiger partial charge in [-0.2, -0.15) is 0 Å². The lowest BCUT2D eigenvalue weighted by atomic mass is 10.1. The van der Waals surface area contributed by atoms with Crippen molar-refractivity contribution in [1.29, 1.82) is 5.41 Å². The zero-order valence-electron chi connectivity index (χ0n) is 22.4. The maximum Gasteiger partial charge on any atom is 0.320 e. The molecule has 0 amide bonds. The highest BCUT2D eigenvalue weighted by atomic mass is 35.5. The molecule has 0 radical (unpaired) electrons.